The number of hydrogen-bond acceptors (Lipinski definition) is 5. The summed E-state index contributed by atoms with van der Waals surface area (Å²) in [5.41, 5.74) is 0.559. The molecule has 2 aromatic heterocycles. The van der Waals surface area contributed by atoms with Crippen LogP contribution in [0.1, 0.15) is 42.0 Å². The summed E-state index contributed by atoms with van der Waals surface area (Å²) in [6.07, 6.45) is 5.83. The Kier molecular flexibility index (Phi) is 3.59. The molecule has 1 fully saturated rings. The van der Waals surface area contributed by atoms with Crippen molar-refractivity contribution >= 4 is 11.7 Å². The molecule has 0 aliphatic heterocycles. The standard InChI is InChI=1S/C14H19N5O2/c1-10-5-8-19-11(17-18-13(19)15-10)12(20)16-14(9-21-2)6-3-4-7-14/h5,8H,3-4,6-7,9H2,1-2H3,(H,16,20). The zero-order valence-corrected chi connectivity index (χ0v) is 12.3. The molecule has 3 rings (SSSR count). The first kappa shape index (κ1) is 13.9. The lowest BCUT2D eigenvalue weighted by Gasteiger charge is -2.29. The normalized spacial score (nSPS) is 17.2. The number of aryl methyl sites for hydroxylation is 1. The predicted octanol–water partition coefficient (Wildman–Crippen LogP) is 1.12. The Hall–Kier alpha value is -2.02. The SMILES string of the molecule is COCC1(NC(=O)c2nnc3nc(C)ccn23)CCCC1. The first-order valence-electron chi connectivity index (χ1n) is 7.13. The zero-order chi connectivity index (χ0) is 14.9. The van der Waals surface area contributed by atoms with E-state index in [1.165, 1.54) is 0 Å². The minimum atomic E-state index is -0.282. The Morgan fingerprint density at radius 3 is 2.90 bits per heavy atom. The van der Waals surface area contributed by atoms with E-state index in [9.17, 15) is 4.79 Å². The molecular weight excluding hydrogens is 270 g/mol. The third-order valence-electron chi connectivity index (χ3n) is 3.98. The second-order valence-corrected chi connectivity index (χ2v) is 5.64. The van der Waals surface area contributed by atoms with Gasteiger partial charge in [-0.25, -0.2) is 4.98 Å². The van der Waals surface area contributed by atoms with E-state index in [1.807, 2.05) is 13.0 Å². The molecule has 1 saturated carbocycles. The van der Waals surface area contributed by atoms with E-state index < -0.39 is 0 Å². The first-order valence-corrected chi connectivity index (χ1v) is 7.13. The van der Waals surface area contributed by atoms with Gasteiger partial charge in [0.25, 0.3) is 11.7 Å². The highest BCUT2D eigenvalue weighted by Gasteiger charge is 2.36. The van der Waals surface area contributed by atoms with E-state index >= 15 is 0 Å². The second-order valence-electron chi connectivity index (χ2n) is 5.64. The van der Waals surface area contributed by atoms with Crippen LogP contribution in [0.15, 0.2) is 12.3 Å². The maximum Gasteiger partial charge on any atom is 0.290 e. The van der Waals surface area contributed by atoms with Gasteiger partial charge in [-0.05, 0) is 25.8 Å². The maximum absolute atomic E-state index is 12.5. The third kappa shape index (κ3) is 2.61. The molecule has 0 aromatic carbocycles. The number of rotatable bonds is 4. The molecule has 1 N–H and O–H groups in total. The molecule has 112 valence electrons. The molecule has 1 aliphatic rings. The minimum Gasteiger partial charge on any atom is -0.382 e. The van der Waals surface area contributed by atoms with Crippen LogP contribution < -0.4 is 5.32 Å². The van der Waals surface area contributed by atoms with Crippen LogP contribution in [0.4, 0.5) is 0 Å². The van der Waals surface area contributed by atoms with Crippen molar-refractivity contribution in [2.24, 2.45) is 0 Å². The van der Waals surface area contributed by atoms with Gasteiger partial charge in [-0.15, -0.1) is 10.2 Å². The number of aromatic nitrogens is 4. The van der Waals surface area contributed by atoms with Crippen LogP contribution in [0.5, 0.6) is 0 Å². The van der Waals surface area contributed by atoms with Crippen molar-refractivity contribution in [3.05, 3.63) is 23.8 Å². The Bertz CT molecular complexity index is 660. The number of carbonyl (C=O) groups excluding carboxylic acids is 1. The minimum absolute atomic E-state index is 0.230. The van der Waals surface area contributed by atoms with Gasteiger partial charge in [0, 0.05) is 19.0 Å². The number of fused-ring (bicyclic) bond motifs is 1. The number of amides is 1. The number of hydrogen-bond donors (Lipinski definition) is 1. The molecule has 1 amide bonds. The van der Waals surface area contributed by atoms with Crippen LogP contribution in [0, 0.1) is 6.92 Å². The number of methoxy groups -OCH3 is 1. The third-order valence-corrected chi connectivity index (χ3v) is 3.98. The molecule has 2 heterocycles. The summed E-state index contributed by atoms with van der Waals surface area (Å²) >= 11 is 0. The highest BCUT2D eigenvalue weighted by molar-refractivity contribution is 5.91. The molecule has 1 aliphatic carbocycles. The zero-order valence-electron chi connectivity index (χ0n) is 12.3. The lowest BCUT2D eigenvalue weighted by molar-refractivity contribution is 0.0756. The first-order chi connectivity index (χ1) is 10.1. The van der Waals surface area contributed by atoms with Crippen molar-refractivity contribution in [3.63, 3.8) is 0 Å². The molecule has 0 atom stereocenters. The number of nitrogens with zero attached hydrogens (tertiary/aromatic N) is 4. The molecule has 0 unspecified atom stereocenters. The fourth-order valence-corrected chi connectivity index (χ4v) is 2.96. The largest absolute Gasteiger partial charge is 0.382 e. The average molecular weight is 289 g/mol. The van der Waals surface area contributed by atoms with Gasteiger partial charge in [0.1, 0.15) is 0 Å². The van der Waals surface area contributed by atoms with Gasteiger partial charge in [0.15, 0.2) is 0 Å². The van der Waals surface area contributed by atoms with E-state index in [1.54, 1.807) is 17.7 Å². The molecular formula is C14H19N5O2. The fourth-order valence-electron chi connectivity index (χ4n) is 2.96. The Morgan fingerprint density at radius 2 is 2.19 bits per heavy atom. The molecule has 7 nitrogen and oxygen atoms in total. The Labute approximate surface area is 122 Å². The molecule has 2 aromatic rings. The van der Waals surface area contributed by atoms with Gasteiger partial charge in [0.05, 0.1) is 12.1 Å². The molecule has 7 heteroatoms. The smallest absolute Gasteiger partial charge is 0.290 e. The van der Waals surface area contributed by atoms with Crippen molar-refractivity contribution < 1.29 is 9.53 Å². The lowest BCUT2D eigenvalue weighted by atomic mass is 9.99. The van der Waals surface area contributed by atoms with Crippen LogP contribution >= 0.6 is 0 Å². The highest BCUT2D eigenvalue weighted by Crippen LogP contribution is 2.30. The fraction of sp³-hybridized carbons (Fsp3) is 0.571. The topological polar surface area (TPSA) is 81.4 Å². The highest BCUT2D eigenvalue weighted by atomic mass is 16.5. The van der Waals surface area contributed by atoms with E-state index in [0.29, 0.717) is 12.4 Å². The lowest BCUT2D eigenvalue weighted by Crippen LogP contribution is -2.50. The van der Waals surface area contributed by atoms with Crippen LogP contribution in [-0.2, 0) is 4.74 Å². The van der Waals surface area contributed by atoms with Gasteiger partial charge in [0.2, 0.25) is 5.82 Å². The summed E-state index contributed by atoms with van der Waals surface area (Å²) in [6, 6.07) is 1.83. The van der Waals surface area contributed by atoms with Crippen LogP contribution in [0.3, 0.4) is 0 Å². The Balaban J connectivity index is 1.86. The van der Waals surface area contributed by atoms with E-state index in [0.717, 1.165) is 31.4 Å². The molecule has 21 heavy (non-hydrogen) atoms. The maximum atomic E-state index is 12.5. The summed E-state index contributed by atoms with van der Waals surface area (Å²) in [5.74, 6) is 0.472. The second kappa shape index (κ2) is 5.40. The summed E-state index contributed by atoms with van der Waals surface area (Å²) in [6.45, 7) is 2.40. The van der Waals surface area contributed by atoms with Crippen molar-refractivity contribution in [2.45, 2.75) is 38.1 Å². The van der Waals surface area contributed by atoms with Gasteiger partial charge in [-0.1, -0.05) is 12.8 Å². The van der Waals surface area contributed by atoms with E-state index in [4.69, 9.17) is 4.74 Å². The average Bonchev–Trinajstić information content (AvgIpc) is 3.05. The predicted molar refractivity (Wildman–Crippen MR) is 76.1 cm³/mol. The van der Waals surface area contributed by atoms with Gasteiger partial charge in [-0.3, -0.25) is 9.20 Å². The molecule has 0 bridgehead atoms. The van der Waals surface area contributed by atoms with E-state index in [2.05, 4.69) is 20.5 Å². The molecule has 0 spiro atoms. The van der Waals surface area contributed by atoms with E-state index in [-0.39, 0.29) is 17.3 Å². The molecule has 0 saturated heterocycles. The number of nitrogens with one attached hydrogen (secondary N) is 1. The van der Waals surface area contributed by atoms with Crippen LogP contribution in [0.2, 0.25) is 0 Å². The summed E-state index contributed by atoms with van der Waals surface area (Å²) in [7, 11) is 1.66. The number of carbonyl (C=O) groups is 1. The van der Waals surface area contributed by atoms with Gasteiger partial charge >= 0.3 is 0 Å². The van der Waals surface area contributed by atoms with Crippen molar-refractivity contribution in [1.29, 1.82) is 0 Å². The van der Waals surface area contributed by atoms with Crippen molar-refractivity contribution in [1.82, 2.24) is 24.9 Å². The summed E-state index contributed by atoms with van der Waals surface area (Å²) in [5, 5.41) is 11.0. The van der Waals surface area contributed by atoms with Crippen LogP contribution in [-0.4, -0.2) is 44.7 Å². The van der Waals surface area contributed by atoms with Gasteiger partial charge in [-0.2, -0.15) is 0 Å². The monoisotopic (exact) mass is 289 g/mol. The van der Waals surface area contributed by atoms with Crippen molar-refractivity contribution in [3.8, 4) is 0 Å². The van der Waals surface area contributed by atoms with Crippen LogP contribution in [0.25, 0.3) is 5.78 Å². The Morgan fingerprint density at radius 1 is 1.43 bits per heavy atom. The molecule has 0 radical (unpaired) electrons. The number of ether oxygens (including phenoxy) is 1. The van der Waals surface area contributed by atoms with Gasteiger partial charge < -0.3 is 10.1 Å². The summed E-state index contributed by atoms with van der Waals surface area (Å²) in [4.78, 5) is 16.8. The quantitative estimate of drug-likeness (QED) is 0.912. The van der Waals surface area contributed by atoms with Crippen molar-refractivity contribution in [2.75, 3.05) is 13.7 Å². The summed E-state index contributed by atoms with van der Waals surface area (Å²) < 4.78 is 6.89.